The van der Waals surface area contributed by atoms with Crippen LogP contribution < -0.4 is 10.2 Å². The lowest BCUT2D eigenvalue weighted by molar-refractivity contribution is 0.0401. The van der Waals surface area contributed by atoms with Gasteiger partial charge in [-0.15, -0.1) is 0 Å². The smallest absolute Gasteiger partial charge is 0.485 e. The summed E-state index contributed by atoms with van der Waals surface area (Å²) in [6.07, 6.45) is 2.71. The molecule has 0 saturated carbocycles. The SMILES string of the molecule is Cc1cc(/C=C/C(O)c2ccc(B(O)O)cc2)cc(C)c1OC(C)(C)CO. The molecule has 0 radical (unpaired) electrons. The van der Waals surface area contributed by atoms with Gasteiger partial charge in [-0.3, -0.25) is 0 Å². The minimum atomic E-state index is -1.52. The van der Waals surface area contributed by atoms with Crippen LogP contribution in [0.5, 0.6) is 5.75 Å². The maximum absolute atomic E-state index is 10.3. The second kappa shape index (κ2) is 8.72. The molecule has 2 aromatic carbocycles. The molecule has 27 heavy (non-hydrogen) atoms. The lowest BCUT2D eigenvalue weighted by atomic mass is 9.80. The third kappa shape index (κ3) is 5.68. The summed E-state index contributed by atoms with van der Waals surface area (Å²) in [7, 11) is -1.52. The van der Waals surface area contributed by atoms with Crippen LogP contribution in [0.3, 0.4) is 0 Å². The van der Waals surface area contributed by atoms with Crippen molar-refractivity contribution in [2.75, 3.05) is 6.61 Å². The number of hydrogen-bond donors (Lipinski definition) is 4. The third-order valence-corrected chi connectivity index (χ3v) is 4.29. The van der Waals surface area contributed by atoms with Crippen molar-refractivity contribution in [2.45, 2.75) is 39.4 Å². The molecule has 0 aromatic heterocycles. The first-order valence-corrected chi connectivity index (χ1v) is 8.86. The molecule has 2 aromatic rings. The Labute approximate surface area is 160 Å². The van der Waals surface area contributed by atoms with Crippen molar-refractivity contribution < 1.29 is 25.0 Å². The molecule has 0 saturated heterocycles. The molecule has 0 spiro atoms. The highest BCUT2D eigenvalue weighted by Crippen LogP contribution is 2.29. The van der Waals surface area contributed by atoms with Crippen molar-refractivity contribution in [3.05, 3.63) is 64.7 Å². The molecule has 0 aliphatic carbocycles. The van der Waals surface area contributed by atoms with Crippen LogP contribution in [0, 0.1) is 13.8 Å². The van der Waals surface area contributed by atoms with Gasteiger partial charge in [-0.05, 0) is 67.5 Å². The number of ether oxygens (including phenoxy) is 1. The van der Waals surface area contributed by atoms with Gasteiger partial charge in [0.05, 0.1) is 12.7 Å². The van der Waals surface area contributed by atoms with Crippen LogP contribution in [0.4, 0.5) is 0 Å². The highest BCUT2D eigenvalue weighted by Gasteiger charge is 2.20. The van der Waals surface area contributed by atoms with Crippen LogP contribution >= 0.6 is 0 Å². The van der Waals surface area contributed by atoms with Gasteiger partial charge in [-0.25, -0.2) is 0 Å². The average Bonchev–Trinajstić information content (AvgIpc) is 2.63. The molecule has 2 rings (SSSR count). The second-order valence-corrected chi connectivity index (χ2v) is 7.35. The molecule has 144 valence electrons. The molecule has 1 unspecified atom stereocenters. The zero-order chi connectivity index (χ0) is 20.2. The monoisotopic (exact) mass is 370 g/mol. The van der Waals surface area contributed by atoms with Crippen molar-refractivity contribution in [3.63, 3.8) is 0 Å². The van der Waals surface area contributed by atoms with E-state index in [0.717, 1.165) is 22.4 Å². The molecule has 0 aliphatic rings. The Bertz CT molecular complexity index is 774. The van der Waals surface area contributed by atoms with Crippen LogP contribution in [0.2, 0.25) is 0 Å². The number of aliphatic hydroxyl groups is 2. The fraction of sp³-hybridized carbons (Fsp3) is 0.333. The predicted octanol–water partition coefficient (Wildman–Crippen LogP) is 1.88. The van der Waals surface area contributed by atoms with E-state index >= 15 is 0 Å². The lowest BCUT2D eigenvalue weighted by Gasteiger charge is -2.26. The topological polar surface area (TPSA) is 90.2 Å². The summed E-state index contributed by atoms with van der Waals surface area (Å²) < 4.78 is 5.93. The van der Waals surface area contributed by atoms with E-state index in [2.05, 4.69) is 0 Å². The van der Waals surface area contributed by atoms with Crippen molar-refractivity contribution in [3.8, 4) is 5.75 Å². The van der Waals surface area contributed by atoms with E-state index in [0.29, 0.717) is 11.0 Å². The molecule has 5 nitrogen and oxygen atoms in total. The van der Waals surface area contributed by atoms with Gasteiger partial charge in [0, 0.05) is 0 Å². The van der Waals surface area contributed by atoms with Crippen LogP contribution in [-0.4, -0.2) is 39.6 Å². The molecular formula is C21H27BO5. The Kier molecular flexibility index (Phi) is 6.84. The molecule has 0 heterocycles. The van der Waals surface area contributed by atoms with Gasteiger partial charge in [0.1, 0.15) is 11.4 Å². The minimum Gasteiger partial charge on any atom is -0.485 e. The molecule has 6 heteroatoms. The molecule has 0 amide bonds. The van der Waals surface area contributed by atoms with Crippen LogP contribution in [-0.2, 0) is 0 Å². The molecule has 0 fully saturated rings. The van der Waals surface area contributed by atoms with E-state index in [1.165, 1.54) is 0 Å². The zero-order valence-corrected chi connectivity index (χ0v) is 16.2. The standard InChI is InChI=1S/C21H27BO5/c1-14-11-16(12-15(2)20(14)27-21(3,4)13-23)5-10-19(24)17-6-8-18(9-7-17)22(25)26/h5-12,19,23-26H,13H2,1-4H3/b10-5+. The van der Waals surface area contributed by atoms with E-state index in [1.807, 2.05) is 45.9 Å². The summed E-state index contributed by atoms with van der Waals surface area (Å²) in [5, 5.41) is 38.0. The number of benzene rings is 2. The number of hydrogen-bond acceptors (Lipinski definition) is 5. The fourth-order valence-corrected chi connectivity index (χ4v) is 2.73. The van der Waals surface area contributed by atoms with Crippen LogP contribution in [0.1, 0.15) is 42.2 Å². The Morgan fingerprint density at radius 1 is 1.07 bits per heavy atom. The summed E-state index contributed by atoms with van der Waals surface area (Å²) in [5.41, 5.74) is 3.22. The first-order chi connectivity index (χ1) is 12.6. The largest absolute Gasteiger partial charge is 0.488 e. The van der Waals surface area contributed by atoms with Gasteiger partial charge in [-0.2, -0.15) is 0 Å². The highest BCUT2D eigenvalue weighted by atomic mass is 16.5. The summed E-state index contributed by atoms with van der Waals surface area (Å²) in [4.78, 5) is 0. The van der Waals surface area contributed by atoms with Gasteiger partial charge < -0.3 is 25.0 Å². The average molecular weight is 370 g/mol. The zero-order valence-electron chi connectivity index (χ0n) is 16.2. The predicted molar refractivity (Wildman–Crippen MR) is 108 cm³/mol. The van der Waals surface area contributed by atoms with Crippen LogP contribution in [0.25, 0.3) is 6.08 Å². The van der Waals surface area contributed by atoms with E-state index in [9.17, 15) is 10.2 Å². The number of aryl methyl sites for hydroxylation is 2. The number of aliphatic hydroxyl groups excluding tert-OH is 2. The summed E-state index contributed by atoms with van der Waals surface area (Å²) in [6, 6.07) is 10.4. The first kappa shape index (κ1) is 21.2. The molecule has 4 N–H and O–H groups in total. The van der Waals surface area contributed by atoms with Crippen molar-refractivity contribution in [1.29, 1.82) is 0 Å². The van der Waals surface area contributed by atoms with Crippen LogP contribution in [0.15, 0.2) is 42.5 Å². The maximum Gasteiger partial charge on any atom is 0.488 e. The second-order valence-electron chi connectivity index (χ2n) is 7.35. The van der Waals surface area contributed by atoms with Crippen molar-refractivity contribution >= 4 is 18.7 Å². The summed E-state index contributed by atoms with van der Waals surface area (Å²) in [6.45, 7) is 7.48. The highest BCUT2D eigenvalue weighted by molar-refractivity contribution is 6.58. The lowest BCUT2D eigenvalue weighted by Crippen LogP contribution is -2.33. The molecule has 1 atom stereocenters. The maximum atomic E-state index is 10.3. The Morgan fingerprint density at radius 3 is 2.11 bits per heavy atom. The normalized spacial score (nSPS) is 13.0. The van der Waals surface area contributed by atoms with E-state index < -0.39 is 18.8 Å². The summed E-state index contributed by atoms with van der Waals surface area (Å²) >= 11 is 0. The van der Waals surface area contributed by atoms with Gasteiger partial charge in [0.2, 0.25) is 0 Å². The van der Waals surface area contributed by atoms with Crippen molar-refractivity contribution in [1.82, 2.24) is 0 Å². The number of rotatable bonds is 7. The summed E-state index contributed by atoms with van der Waals surface area (Å²) in [5.74, 6) is 0.755. The van der Waals surface area contributed by atoms with Gasteiger partial charge in [0.15, 0.2) is 0 Å². The van der Waals surface area contributed by atoms with Gasteiger partial charge in [-0.1, -0.05) is 36.4 Å². The van der Waals surface area contributed by atoms with E-state index in [-0.39, 0.29) is 6.61 Å². The Morgan fingerprint density at radius 2 is 1.63 bits per heavy atom. The van der Waals surface area contributed by atoms with Crippen molar-refractivity contribution in [2.24, 2.45) is 0 Å². The third-order valence-electron chi connectivity index (χ3n) is 4.29. The quantitative estimate of drug-likeness (QED) is 0.559. The molecule has 0 bridgehead atoms. The van der Waals surface area contributed by atoms with Gasteiger partial charge in [0.25, 0.3) is 0 Å². The molecular weight excluding hydrogens is 343 g/mol. The molecule has 0 aliphatic heterocycles. The first-order valence-electron chi connectivity index (χ1n) is 8.86. The van der Waals surface area contributed by atoms with Gasteiger partial charge >= 0.3 is 7.12 Å². The Hall–Kier alpha value is -2.12. The Balaban J connectivity index is 2.16. The minimum absolute atomic E-state index is 0.0776. The van der Waals surface area contributed by atoms with E-state index in [4.69, 9.17) is 14.8 Å². The fourth-order valence-electron chi connectivity index (χ4n) is 2.73. The van der Waals surface area contributed by atoms with E-state index in [1.54, 1.807) is 30.3 Å².